The van der Waals surface area contributed by atoms with Crippen molar-refractivity contribution in [2.75, 3.05) is 5.32 Å². The molecule has 21 heavy (non-hydrogen) atoms. The third-order valence-corrected chi connectivity index (χ3v) is 3.58. The number of anilines is 1. The average Bonchev–Trinajstić information content (AvgIpc) is 2.96. The van der Waals surface area contributed by atoms with Crippen LogP contribution in [-0.4, -0.2) is 32.1 Å². The van der Waals surface area contributed by atoms with Gasteiger partial charge >= 0.3 is 5.97 Å². The summed E-state index contributed by atoms with van der Waals surface area (Å²) in [4.78, 5) is 24.2. The highest BCUT2D eigenvalue weighted by Gasteiger charge is 2.22. The summed E-state index contributed by atoms with van der Waals surface area (Å²) in [5, 5.41) is 12.0. The molecule has 0 amide bonds. The van der Waals surface area contributed by atoms with Crippen molar-refractivity contribution in [2.45, 2.75) is 32.2 Å². The monoisotopic (exact) mass is 284 g/mol. The van der Waals surface area contributed by atoms with Gasteiger partial charge in [0.15, 0.2) is 5.82 Å². The molecule has 1 aliphatic rings. The maximum Gasteiger partial charge on any atom is 0.325 e. The predicted octanol–water partition coefficient (Wildman–Crippen LogP) is 1.91. The highest BCUT2D eigenvalue weighted by atomic mass is 16.4. The van der Waals surface area contributed by atoms with Gasteiger partial charge in [-0.1, -0.05) is 0 Å². The maximum atomic E-state index is 11.0. The molecule has 6 nitrogen and oxygen atoms in total. The molecule has 6 heteroatoms. The fourth-order valence-electron chi connectivity index (χ4n) is 2.44. The van der Waals surface area contributed by atoms with Crippen molar-refractivity contribution in [3.63, 3.8) is 0 Å². The minimum atomic E-state index is -0.900. The first-order valence-corrected chi connectivity index (χ1v) is 6.94. The van der Waals surface area contributed by atoms with Gasteiger partial charge in [-0.3, -0.25) is 9.78 Å². The Morgan fingerprint density at radius 2 is 2.24 bits per heavy atom. The van der Waals surface area contributed by atoms with Crippen molar-refractivity contribution in [1.82, 2.24) is 15.0 Å². The first-order chi connectivity index (χ1) is 10.1. The van der Waals surface area contributed by atoms with E-state index < -0.39 is 12.0 Å². The molecule has 0 bridgehead atoms. The number of carboxylic acid groups (broad SMARTS) is 1. The number of hydrogen-bond donors (Lipinski definition) is 2. The fraction of sp³-hybridized carbons (Fsp3) is 0.333. The third-order valence-electron chi connectivity index (χ3n) is 3.58. The molecule has 0 aliphatic heterocycles. The van der Waals surface area contributed by atoms with E-state index in [9.17, 15) is 4.79 Å². The molecule has 0 spiro atoms. The van der Waals surface area contributed by atoms with Crippen LogP contribution >= 0.6 is 0 Å². The molecule has 108 valence electrons. The van der Waals surface area contributed by atoms with Crippen molar-refractivity contribution in [3.05, 3.63) is 35.8 Å². The van der Waals surface area contributed by atoms with Crippen LogP contribution in [0.3, 0.4) is 0 Å². The molecule has 0 aromatic carbocycles. The molecule has 2 aromatic rings. The molecular formula is C15H16N4O2. The van der Waals surface area contributed by atoms with Crippen molar-refractivity contribution >= 4 is 11.8 Å². The van der Waals surface area contributed by atoms with E-state index in [4.69, 9.17) is 5.11 Å². The number of aliphatic carboxylic acids is 1. The van der Waals surface area contributed by atoms with E-state index >= 15 is 0 Å². The van der Waals surface area contributed by atoms with Crippen molar-refractivity contribution in [1.29, 1.82) is 0 Å². The number of hydrogen-bond acceptors (Lipinski definition) is 5. The van der Waals surface area contributed by atoms with Crippen LogP contribution < -0.4 is 5.32 Å². The second-order valence-corrected chi connectivity index (χ2v) is 5.12. The lowest BCUT2D eigenvalue weighted by Crippen LogP contribution is -2.26. The lowest BCUT2D eigenvalue weighted by molar-refractivity contribution is -0.137. The van der Waals surface area contributed by atoms with E-state index in [1.165, 1.54) is 0 Å². The van der Waals surface area contributed by atoms with Gasteiger partial charge < -0.3 is 10.4 Å². The number of rotatable bonds is 4. The topological polar surface area (TPSA) is 88.0 Å². The number of aryl methyl sites for hydroxylation is 1. The van der Waals surface area contributed by atoms with Crippen LogP contribution in [0, 0.1) is 0 Å². The third kappa shape index (κ3) is 2.69. The Kier molecular flexibility index (Phi) is 3.51. The summed E-state index contributed by atoms with van der Waals surface area (Å²) in [6, 6.07) is 3.04. The first-order valence-electron chi connectivity index (χ1n) is 6.94. The maximum absolute atomic E-state index is 11.0. The van der Waals surface area contributed by atoms with E-state index in [1.807, 2.05) is 12.1 Å². The van der Waals surface area contributed by atoms with Gasteiger partial charge in [0.2, 0.25) is 0 Å². The number of pyridine rings is 1. The van der Waals surface area contributed by atoms with E-state index in [2.05, 4.69) is 20.3 Å². The Morgan fingerprint density at radius 1 is 1.38 bits per heavy atom. The van der Waals surface area contributed by atoms with Gasteiger partial charge in [-0.25, -0.2) is 9.97 Å². The Bertz CT molecular complexity index is 673. The van der Waals surface area contributed by atoms with E-state index in [-0.39, 0.29) is 0 Å². The van der Waals surface area contributed by atoms with Gasteiger partial charge in [0.25, 0.3) is 0 Å². The summed E-state index contributed by atoms with van der Waals surface area (Å²) >= 11 is 0. The predicted molar refractivity (Wildman–Crippen MR) is 78.0 cm³/mol. The van der Waals surface area contributed by atoms with Crippen LogP contribution in [-0.2, 0) is 17.6 Å². The molecule has 0 saturated carbocycles. The number of carboxylic acids is 1. The van der Waals surface area contributed by atoms with Crippen LogP contribution in [0.25, 0.3) is 11.4 Å². The molecule has 0 unspecified atom stereocenters. The van der Waals surface area contributed by atoms with Crippen LogP contribution in [0.5, 0.6) is 0 Å². The van der Waals surface area contributed by atoms with Gasteiger partial charge in [0.1, 0.15) is 11.9 Å². The Labute approximate surface area is 122 Å². The number of nitrogens with one attached hydrogen (secondary N) is 1. The minimum Gasteiger partial charge on any atom is -0.480 e. The molecule has 0 saturated heterocycles. The molecule has 2 heterocycles. The number of fused-ring (bicyclic) bond motifs is 1. The minimum absolute atomic E-state index is 0.587. The summed E-state index contributed by atoms with van der Waals surface area (Å²) in [6.07, 6.45) is 6.22. The number of nitrogens with zero attached hydrogens (tertiary/aromatic N) is 3. The first kappa shape index (κ1) is 13.5. The standard InChI is InChI=1S/C15H16N4O2/c1-9(15(20)21)17-14-11-5-2-6-12(11)18-13(19-14)10-4-3-7-16-8-10/h3-4,7-9H,2,5-6H2,1H3,(H,20,21)(H,17,18,19)/t9-/m1/s1. The van der Waals surface area contributed by atoms with Crippen molar-refractivity contribution in [2.24, 2.45) is 0 Å². The smallest absolute Gasteiger partial charge is 0.325 e. The van der Waals surface area contributed by atoms with Crippen LogP contribution in [0.15, 0.2) is 24.5 Å². The van der Waals surface area contributed by atoms with E-state index in [0.717, 1.165) is 36.1 Å². The van der Waals surface area contributed by atoms with Crippen molar-refractivity contribution in [3.8, 4) is 11.4 Å². The lowest BCUT2D eigenvalue weighted by Gasteiger charge is -2.14. The molecular weight excluding hydrogens is 268 g/mol. The van der Waals surface area contributed by atoms with E-state index in [0.29, 0.717) is 11.6 Å². The Morgan fingerprint density at radius 3 is 2.95 bits per heavy atom. The average molecular weight is 284 g/mol. The van der Waals surface area contributed by atoms with Gasteiger partial charge in [0.05, 0.1) is 0 Å². The molecule has 0 radical (unpaired) electrons. The van der Waals surface area contributed by atoms with Crippen molar-refractivity contribution < 1.29 is 9.90 Å². The fourth-order valence-corrected chi connectivity index (χ4v) is 2.44. The van der Waals surface area contributed by atoms with Gasteiger partial charge in [0, 0.05) is 29.2 Å². The highest BCUT2D eigenvalue weighted by Crippen LogP contribution is 2.29. The molecule has 0 fully saturated rings. The number of aromatic nitrogens is 3. The van der Waals surface area contributed by atoms with Gasteiger partial charge in [-0.05, 0) is 38.3 Å². The molecule has 3 rings (SSSR count). The summed E-state index contributed by atoms with van der Waals surface area (Å²) < 4.78 is 0. The second-order valence-electron chi connectivity index (χ2n) is 5.12. The number of carbonyl (C=O) groups is 1. The summed E-state index contributed by atoms with van der Waals surface area (Å²) in [5.74, 6) is 0.318. The molecule has 1 aliphatic carbocycles. The highest BCUT2D eigenvalue weighted by molar-refractivity contribution is 5.77. The molecule has 2 aromatic heterocycles. The van der Waals surface area contributed by atoms with Gasteiger partial charge in [-0.2, -0.15) is 0 Å². The van der Waals surface area contributed by atoms with Gasteiger partial charge in [-0.15, -0.1) is 0 Å². The van der Waals surface area contributed by atoms with E-state index in [1.54, 1.807) is 19.3 Å². The van der Waals surface area contributed by atoms with Crippen LogP contribution in [0.1, 0.15) is 24.6 Å². The van der Waals surface area contributed by atoms with Crippen LogP contribution in [0.4, 0.5) is 5.82 Å². The lowest BCUT2D eigenvalue weighted by atomic mass is 10.2. The Balaban J connectivity index is 2.03. The zero-order valence-electron chi connectivity index (χ0n) is 11.7. The SMILES string of the molecule is C[C@@H](Nc1nc(-c2cccnc2)nc2c1CCC2)C(=O)O. The Hall–Kier alpha value is -2.50. The van der Waals surface area contributed by atoms with Crippen LogP contribution in [0.2, 0.25) is 0 Å². The zero-order valence-corrected chi connectivity index (χ0v) is 11.7. The molecule has 1 atom stereocenters. The largest absolute Gasteiger partial charge is 0.480 e. The summed E-state index contributed by atoms with van der Waals surface area (Å²) in [6.45, 7) is 1.61. The molecule has 2 N–H and O–H groups in total. The zero-order chi connectivity index (χ0) is 14.8. The second kappa shape index (κ2) is 5.47. The normalized spacial score (nSPS) is 14.5. The summed E-state index contributed by atoms with van der Waals surface area (Å²) in [5.41, 5.74) is 2.87. The summed E-state index contributed by atoms with van der Waals surface area (Å²) in [7, 11) is 0. The quantitative estimate of drug-likeness (QED) is 0.891.